The van der Waals surface area contributed by atoms with Crippen LogP contribution in [0.4, 0.5) is 5.82 Å². The highest BCUT2D eigenvalue weighted by atomic mass is 16.2. The lowest BCUT2D eigenvalue weighted by atomic mass is 10.1. The summed E-state index contributed by atoms with van der Waals surface area (Å²) in [5.41, 5.74) is 1.03. The molecule has 0 bridgehead atoms. The van der Waals surface area contributed by atoms with Crippen molar-refractivity contribution in [2.45, 2.75) is 38.6 Å². The zero-order valence-electron chi connectivity index (χ0n) is 9.71. The topological polar surface area (TPSA) is 69.8 Å². The smallest absolute Gasteiger partial charge is 0.239 e. The molecule has 1 aromatic rings. The van der Waals surface area contributed by atoms with Crippen LogP contribution in [0.1, 0.15) is 38.3 Å². The minimum atomic E-state index is -0.0336. The van der Waals surface area contributed by atoms with Crippen LogP contribution in [0.15, 0.2) is 6.07 Å². The minimum absolute atomic E-state index is 0.0336. The first-order valence-corrected chi connectivity index (χ1v) is 5.73. The van der Waals surface area contributed by atoms with Crippen LogP contribution < -0.4 is 10.6 Å². The number of carbonyl (C=O) groups is 1. The zero-order chi connectivity index (χ0) is 11.5. The number of hydrogen-bond donors (Lipinski definition) is 3. The maximum absolute atomic E-state index is 11.5. The first-order valence-electron chi connectivity index (χ1n) is 5.73. The maximum Gasteiger partial charge on any atom is 0.239 e. The summed E-state index contributed by atoms with van der Waals surface area (Å²) in [4.78, 5) is 11.5. The summed E-state index contributed by atoms with van der Waals surface area (Å²) in [5, 5.41) is 12.9. The van der Waals surface area contributed by atoms with Gasteiger partial charge in [-0.15, -0.1) is 0 Å². The predicted octanol–water partition coefficient (Wildman–Crippen LogP) is 1.22. The van der Waals surface area contributed by atoms with Crippen molar-refractivity contribution in [2.24, 2.45) is 0 Å². The highest BCUT2D eigenvalue weighted by Crippen LogP contribution is 2.18. The van der Waals surface area contributed by atoms with Gasteiger partial charge in [-0.25, -0.2) is 0 Å². The quantitative estimate of drug-likeness (QED) is 0.701. The summed E-state index contributed by atoms with van der Waals surface area (Å²) < 4.78 is 0. The number of amides is 1. The molecule has 2 rings (SSSR count). The number of rotatable bonds is 5. The molecule has 1 fully saturated rings. The Morgan fingerprint density at radius 2 is 2.38 bits per heavy atom. The van der Waals surface area contributed by atoms with Crippen LogP contribution in [0.2, 0.25) is 0 Å². The number of nitrogens with one attached hydrogen (secondary N) is 3. The van der Waals surface area contributed by atoms with E-state index in [0.717, 1.165) is 5.69 Å². The monoisotopic (exact) mass is 222 g/mol. The number of hydrogen-bond acceptors (Lipinski definition) is 3. The predicted molar refractivity (Wildman–Crippen MR) is 62.3 cm³/mol. The van der Waals surface area contributed by atoms with Gasteiger partial charge in [0, 0.05) is 17.8 Å². The van der Waals surface area contributed by atoms with Gasteiger partial charge in [0.15, 0.2) is 5.82 Å². The summed E-state index contributed by atoms with van der Waals surface area (Å²) in [7, 11) is 0. The molecule has 1 aliphatic carbocycles. The molecular weight excluding hydrogens is 204 g/mol. The molecule has 5 heteroatoms. The molecule has 1 aromatic heterocycles. The first kappa shape index (κ1) is 11.1. The Morgan fingerprint density at radius 3 is 2.94 bits per heavy atom. The van der Waals surface area contributed by atoms with E-state index in [0.29, 0.717) is 24.3 Å². The van der Waals surface area contributed by atoms with Crippen molar-refractivity contribution < 1.29 is 4.79 Å². The van der Waals surface area contributed by atoms with E-state index in [1.807, 2.05) is 6.07 Å². The lowest BCUT2D eigenvalue weighted by Gasteiger charge is -2.02. The maximum atomic E-state index is 11.5. The third kappa shape index (κ3) is 3.06. The number of nitrogens with zero attached hydrogens (tertiary/aromatic N) is 1. The third-order valence-electron chi connectivity index (χ3n) is 2.62. The lowest BCUT2D eigenvalue weighted by Crippen LogP contribution is -2.29. The van der Waals surface area contributed by atoms with Crippen LogP contribution in [0.25, 0.3) is 0 Å². The molecule has 1 saturated carbocycles. The van der Waals surface area contributed by atoms with Gasteiger partial charge in [-0.3, -0.25) is 9.89 Å². The molecule has 16 heavy (non-hydrogen) atoms. The molecule has 88 valence electrons. The number of H-pyrrole nitrogens is 1. The molecule has 1 heterocycles. The van der Waals surface area contributed by atoms with Crippen molar-refractivity contribution in [2.75, 3.05) is 11.9 Å². The van der Waals surface area contributed by atoms with Crippen LogP contribution in [0.5, 0.6) is 0 Å². The van der Waals surface area contributed by atoms with E-state index in [2.05, 4.69) is 34.7 Å². The first-order chi connectivity index (χ1) is 7.65. The fourth-order valence-electron chi connectivity index (χ4n) is 1.41. The average Bonchev–Trinajstić information content (AvgIpc) is 2.95. The molecule has 0 atom stereocenters. The summed E-state index contributed by atoms with van der Waals surface area (Å²) in [6, 6.07) is 2.43. The Labute approximate surface area is 95.0 Å². The molecule has 3 N–H and O–H groups in total. The SMILES string of the molecule is CC(C)c1cc(NC(=O)CNC2CC2)n[nH]1. The second-order valence-corrected chi connectivity index (χ2v) is 4.57. The average molecular weight is 222 g/mol. The third-order valence-corrected chi connectivity index (χ3v) is 2.62. The number of aromatic amines is 1. The standard InChI is InChI=1S/C11H18N4O/c1-7(2)9-5-10(15-14-9)13-11(16)6-12-8-3-4-8/h5,7-8,12H,3-4,6H2,1-2H3,(H2,13,14,15,16). The van der Waals surface area contributed by atoms with Gasteiger partial charge in [0.1, 0.15) is 0 Å². The van der Waals surface area contributed by atoms with Gasteiger partial charge in [0.25, 0.3) is 0 Å². The second kappa shape index (κ2) is 4.65. The van der Waals surface area contributed by atoms with Crippen molar-refractivity contribution in [3.05, 3.63) is 11.8 Å². The Hall–Kier alpha value is -1.36. The van der Waals surface area contributed by atoms with Crippen LogP contribution in [-0.2, 0) is 4.79 Å². The largest absolute Gasteiger partial charge is 0.308 e. The summed E-state index contributed by atoms with van der Waals surface area (Å²) in [5.74, 6) is 0.961. The van der Waals surface area contributed by atoms with E-state index in [4.69, 9.17) is 0 Å². The Balaban J connectivity index is 1.79. The Bertz CT molecular complexity index is 368. The molecule has 1 amide bonds. The highest BCUT2D eigenvalue weighted by Gasteiger charge is 2.21. The normalized spacial score (nSPS) is 15.4. The fourth-order valence-corrected chi connectivity index (χ4v) is 1.41. The minimum Gasteiger partial charge on any atom is -0.308 e. The molecule has 0 aromatic carbocycles. The highest BCUT2D eigenvalue weighted by molar-refractivity contribution is 5.91. The second-order valence-electron chi connectivity index (χ2n) is 4.57. The number of anilines is 1. The molecule has 5 nitrogen and oxygen atoms in total. The van der Waals surface area contributed by atoms with Gasteiger partial charge < -0.3 is 10.6 Å². The van der Waals surface area contributed by atoms with Crippen LogP contribution >= 0.6 is 0 Å². The molecule has 0 unspecified atom stereocenters. The lowest BCUT2D eigenvalue weighted by molar-refractivity contribution is -0.115. The van der Waals surface area contributed by atoms with Gasteiger partial charge in [-0.1, -0.05) is 13.8 Å². The van der Waals surface area contributed by atoms with Crippen molar-refractivity contribution in [3.63, 3.8) is 0 Å². The van der Waals surface area contributed by atoms with Crippen LogP contribution in [0, 0.1) is 0 Å². The van der Waals surface area contributed by atoms with E-state index >= 15 is 0 Å². The number of aromatic nitrogens is 2. The molecular formula is C11H18N4O. The van der Waals surface area contributed by atoms with E-state index in [9.17, 15) is 4.79 Å². The van der Waals surface area contributed by atoms with Crippen molar-refractivity contribution in [1.29, 1.82) is 0 Å². The van der Waals surface area contributed by atoms with Crippen molar-refractivity contribution in [3.8, 4) is 0 Å². The van der Waals surface area contributed by atoms with Gasteiger partial charge in [0.05, 0.1) is 6.54 Å². The Morgan fingerprint density at radius 1 is 1.62 bits per heavy atom. The van der Waals surface area contributed by atoms with E-state index in [1.165, 1.54) is 12.8 Å². The number of carbonyl (C=O) groups excluding carboxylic acids is 1. The van der Waals surface area contributed by atoms with Crippen molar-refractivity contribution >= 4 is 11.7 Å². The van der Waals surface area contributed by atoms with Crippen molar-refractivity contribution in [1.82, 2.24) is 15.5 Å². The van der Waals surface area contributed by atoms with Crippen LogP contribution in [0.3, 0.4) is 0 Å². The Kier molecular flexibility index (Phi) is 3.24. The molecule has 0 saturated heterocycles. The van der Waals surface area contributed by atoms with Crippen LogP contribution in [-0.4, -0.2) is 28.7 Å². The molecule has 1 aliphatic rings. The van der Waals surface area contributed by atoms with E-state index in [-0.39, 0.29) is 5.91 Å². The molecule has 0 radical (unpaired) electrons. The van der Waals surface area contributed by atoms with Gasteiger partial charge in [-0.2, -0.15) is 5.10 Å². The summed E-state index contributed by atoms with van der Waals surface area (Å²) in [6.45, 7) is 4.52. The van der Waals surface area contributed by atoms with Gasteiger partial charge >= 0.3 is 0 Å². The van der Waals surface area contributed by atoms with Gasteiger partial charge in [0.2, 0.25) is 5.91 Å². The molecule has 0 spiro atoms. The zero-order valence-corrected chi connectivity index (χ0v) is 9.71. The summed E-state index contributed by atoms with van der Waals surface area (Å²) >= 11 is 0. The fraction of sp³-hybridized carbons (Fsp3) is 0.636. The summed E-state index contributed by atoms with van der Waals surface area (Å²) in [6.07, 6.45) is 2.38. The van der Waals surface area contributed by atoms with Gasteiger partial charge in [-0.05, 0) is 18.8 Å². The molecule has 0 aliphatic heterocycles. The van der Waals surface area contributed by atoms with E-state index in [1.54, 1.807) is 0 Å². The van der Waals surface area contributed by atoms with E-state index < -0.39 is 0 Å².